The Morgan fingerprint density at radius 2 is 1.49 bits per heavy atom. The molecular formula is C25H22Cl2N4O4. The number of aromatic nitrogens is 3. The SMILES string of the molecule is COc1cccc(-n2c(=O)n(Cc3ccccc3Cl)c(=O)n(CC(N)c3ccccc3)c2=O)c1Cl. The fraction of sp³-hybridized carbons (Fsp3) is 0.160. The lowest BCUT2D eigenvalue weighted by Crippen LogP contribution is -2.55. The third-order valence-electron chi connectivity index (χ3n) is 5.60. The summed E-state index contributed by atoms with van der Waals surface area (Å²) >= 11 is 12.7. The van der Waals surface area contributed by atoms with Crippen molar-refractivity contribution in [3.05, 3.63) is 125 Å². The van der Waals surface area contributed by atoms with E-state index in [9.17, 15) is 14.4 Å². The van der Waals surface area contributed by atoms with Crippen LogP contribution in [-0.2, 0) is 13.1 Å². The van der Waals surface area contributed by atoms with E-state index in [1.54, 1.807) is 48.5 Å². The zero-order valence-corrected chi connectivity index (χ0v) is 20.2. The number of halogens is 2. The molecule has 0 bridgehead atoms. The van der Waals surface area contributed by atoms with Crippen LogP contribution in [0.2, 0.25) is 10.0 Å². The molecule has 0 radical (unpaired) electrons. The molecule has 1 aromatic heterocycles. The Hall–Kier alpha value is -3.59. The van der Waals surface area contributed by atoms with Gasteiger partial charge in [-0.2, -0.15) is 0 Å². The summed E-state index contributed by atoms with van der Waals surface area (Å²) < 4.78 is 7.97. The molecule has 3 aromatic carbocycles. The topological polar surface area (TPSA) is 101 Å². The maximum absolute atomic E-state index is 13.5. The Balaban J connectivity index is 1.97. The van der Waals surface area contributed by atoms with Crippen LogP contribution >= 0.6 is 23.2 Å². The van der Waals surface area contributed by atoms with Crippen LogP contribution in [0.15, 0.2) is 87.2 Å². The summed E-state index contributed by atoms with van der Waals surface area (Å²) in [5, 5.41) is 0.430. The number of hydrogen-bond donors (Lipinski definition) is 1. The van der Waals surface area contributed by atoms with Gasteiger partial charge in [-0.1, -0.05) is 77.8 Å². The average Bonchev–Trinajstić information content (AvgIpc) is 2.87. The second kappa shape index (κ2) is 10.4. The Bertz CT molecular complexity index is 1540. The summed E-state index contributed by atoms with van der Waals surface area (Å²) in [6.07, 6.45) is 0. The summed E-state index contributed by atoms with van der Waals surface area (Å²) in [5.41, 5.74) is 5.15. The van der Waals surface area contributed by atoms with Crippen LogP contribution in [0.4, 0.5) is 0 Å². The summed E-state index contributed by atoms with van der Waals surface area (Å²) in [6, 6.07) is 19.9. The molecular weight excluding hydrogens is 491 g/mol. The molecule has 0 fully saturated rings. The third kappa shape index (κ3) is 4.81. The quantitative estimate of drug-likeness (QED) is 0.409. The molecule has 0 saturated carbocycles. The molecule has 1 unspecified atom stereocenters. The normalized spacial score (nSPS) is 11.9. The van der Waals surface area contributed by atoms with Crippen LogP contribution in [0.3, 0.4) is 0 Å². The molecule has 4 aromatic rings. The van der Waals surface area contributed by atoms with Crippen molar-refractivity contribution >= 4 is 23.2 Å². The van der Waals surface area contributed by atoms with E-state index in [4.69, 9.17) is 33.7 Å². The lowest BCUT2D eigenvalue weighted by Gasteiger charge is -2.18. The summed E-state index contributed by atoms with van der Waals surface area (Å²) in [4.78, 5) is 40.5. The summed E-state index contributed by atoms with van der Waals surface area (Å²) in [7, 11) is 1.42. The predicted octanol–water partition coefficient (Wildman–Crippen LogP) is 3.22. The largest absolute Gasteiger partial charge is 0.495 e. The minimum absolute atomic E-state index is 0.0519. The number of methoxy groups -OCH3 is 1. The van der Waals surface area contributed by atoms with Gasteiger partial charge in [-0.3, -0.25) is 0 Å². The molecule has 0 aliphatic carbocycles. The maximum Gasteiger partial charge on any atom is 0.341 e. The van der Waals surface area contributed by atoms with Crippen LogP contribution in [0.25, 0.3) is 5.69 Å². The second-order valence-corrected chi connectivity index (χ2v) is 8.57. The van der Waals surface area contributed by atoms with Gasteiger partial charge in [0.2, 0.25) is 0 Å². The number of nitrogens with zero attached hydrogens (tertiary/aromatic N) is 3. The number of hydrogen-bond acceptors (Lipinski definition) is 5. The molecule has 0 aliphatic rings. The first kappa shape index (κ1) is 24.5. The Kier molecular flexibility index (Phi) is 7.25. The Labute approximate surface area is 210 Å². The molecule has 8 nitrogen and oxygen atoms in total. The number of nitrogens with two attached hydrogens (primary N) is 1. The maximum atomic E-state index is 13.5. The van der Waals surface area contributed by atoms with Crippen molar-refractivity contribution in [2.24, 2.45) is 5.73 Å². The van der Waals surface area contributed by atoms with Crippen molar-refractivity contribution in [2.75, 3.05) is 7.11 Å². The smallest absolute Gasteiger partial charge is 0.341 e. The van der Waals surface area contributed by atoms with E-state index < -0.39 is 23.1 Å². The van der Waals surface area contributed by atoms with Crippen molar-refractivity contribution in [2.45, 2.75) is 19.1 Å². The highest BCUT2D eigenvalue weighted by molar-refractivity contribution is 6.33. The van der Waals surface area contributed by atoms with Crippen molar-refractivity contribution in [3.8, 4) is 11.4 Å². The molecule has 0 spiro atoms. The van der Waals surface area contributed by atoms with Crippen molar-refractivity contribution in [3.63, 3.8) is 0 Å². The fourth-order valence-electron chi connectivity index (χ4n) is 3.76. The minimum atomic E-state index is -0.864. The van der Waals surface area contributed by atoms with E-state index in [0.29, 0.717) is 10.6 Å². The Morgan fingerprint density at radius 3 is 2.17 bits per heavy atom. The van der Waals surface area contributed by atoms with E-state index in [2.05, 4.69) is 0 Å². The van der Waals surface area contributed by atoms with E-state index in [-0.39, 0.29) is 29.5 Å². The number of ether oxygens (including phenoxy) is 1. The predicted molar refractivity (Wildman–Crippen MR) is 136 cm³/mol. The molecule has 0 aliphatic heterocycles. The van der Waals surface area contributed by atoms with Crippen molar-refractivity contribution in [1.82, 2.24) is 13.7 Å². The molecule has 10 heteroatoms. The van der Waals surface area contributed by atoms with Gasteiger partial charge in [-0.05, 0) is 29.3 Å². The van der Waals surface area contributed by atoms with Gasteiger partial charge < -0.3 is 10.5 Å². The lowest BCUT2D eigenvalue weighted by atomic mass is 10.1. The van der Waals surface area contributed by atoms with Crippen LogP contribution in [0.1, 0.15) is 17.2 Å². The van der Waals surface area contributed by atoms with E-state index in [1.165, 1.54) is 13.2 Å². The van der Waals surface area contributed by atoms with Crippen LogP contribution in [-0.4, -0.2) is 20.8 Å². The van der Waals surface area contributed by atoms with E-state index in [0.717, 1.165) is 19.3 Å². The first-order valence-corrected chi connectivity index (χ1v) is 11.4. The molecule has 1 atom stereocenters. The molecule has 0 saturated heterocycles. The molecule has 2 N–H and O–H groups in total. The monoisotopic (exact) mass is 512 g/mol. The molecule has 180 valence electrons. The highest BCUT2D eigenvalue weighted by atomic mass is 35.5. The van der Waals surface area contributed by atoms with Gasteiger partial charge in [-0.25, -0.2) is 28.1 Å². The molecule has 4 rings (SSSR count). The van der Waals surface area contributed by atoms with Gasteiger partial charge in [0.1, 0.15) is 10.8 Å². The number of benzene rings is 3. The van der Waals surface area contributed by atoms with Crippen LogP contribution < -0.4 is 27.5 Å². The Morgan fingerprint density at radius 1 is 0.829 bits per heavy atom. The van der Waals surface area contributed by atoms with Gasteiger partial charge in [-0.15, -0.1) is 0 Å². The summed E-state index contributed by atoms with van der Waals surface area (Å²) in [5.74, 6) is 0.270. The first-order chi connectivity index (χ1) is 16.8. The average molecular weight is 513 g/mol. The van der Waals surface area contributed by atoms with Gasteiger partial charge in [0.25, 0.3) is 0 Å². The van der Waals surface area contributed by atoms with Crippen LogP contribution in [0, 0.1) is 0 Å². The van der Waals surface area contributed by atoms with Gasteiger partial charge in [0.15, 0.2) is 0 Å². The molecule has 1 heterocycles. The zero-order chi connectivity index (χ0) is 25.1. The highest BCUT2D eigenvalue weighted by Crippen LogP contribution is 2.29. The standard InChI is InChI=1S/C25H22Cl2N4O4/c1-35-21-13-7-12-20(22(21)27)31-24(33)29(14-17-10-5-6-11-18(17)26)23(32)30(25(31)34)15-19(28)16-8-3-2-4-9-16/h2-13,19H,14-15,28H2,1H3. The van der Waals surface area contributed by atoms with Crippen molar-refractivity contribution in [1.29, 1.82) is 0 Å². The minimum Gasteiger partial charge on any atom is -0.495 e. The fourth-order valence-corrected chi connectivity index (χ4v) is 4.24. The third-order valence-corrected chi connectivity index (χ3v) is 6.35. The second-order valence-electron chi connectivity index (χ2n) is 7.78. The van der Waals surface area contributed by atoms with E-state index >= 15 is 0 Å². The van der Waals surface area contributed by atoms with Gasteiger partial charge in [0.05, 0.1) is 25.9 Å². The van der Waals surface area contributed by atoms with Gasteiger partial charge >= 0.3 is 17.1 Å². The van der Waals surface area contributed by atoms with Gasteiger partial charge in [0, 0.05) is 11.1 Å². The first-order valence-electron chi connectivity index (χ1n) is 10.7. The van der Waals surface area contributed by atoms with E-state index in [1.807, 2.05) is 18.2 Å². The molecule has 35 heavy (non-hydrogen) atoms. The molecule has 0 amide bonds. The van der Waals surface area contributed by atoms with Crippen molar-refractivity contribution < 1.29 is 4.74 Å². The number of rotatable bonds is 7. The highest BCUT2D eigenvalue weighted by Gasteiger charge is 2.22. The summed E-state index contributed by atoms with van der Waals surface area (Å²) in [6.45, 7) is -0.314. The zero-order valence-electron chi connectivity index (χ0n) is 18.7. The lowest BCUT2D eigenvalue weighted by molar-refractivity contribution is 0.414. The van der Waals surface area contributed by atoms with Crippen LogP contribution in [0.5, 0.6) is 5.75 Å².